The number of aliphatic hydroxyl groups is 1. The molecule has 2 aromatic heterocycles. The first-order valence-corrected chi connectivity index (χ1v) is 14.7. The van der Waals surface area contributed by atoms with Crippen LogP contribution >= 0.6 is 0 Å². The molecule has 0 bridgehead atoms. The number of hydrogen-bond acceptors (Lipinski definition) is 8. The molecule has 9 nitrogen and oxygen atoms in total. The van der Waals surface area contributed by atoms with Gasteiger partial charge < -0.3 is 29.0 Å². The second-order valence-corrected chi connectivity index (χ2v) is 12.5. The van der Waals surface area contributed by atoms with Gasteiger partial charge in [0.2, 0.25) is 0 Å². The van der Waals surface area contributed by atoms with Gasteiger partial charge in [0.15, 0.2) is 17.8 Å². The van der Waals surface area contributed by atoms with Crippen LogP contribution in [0.3, 0.4) is 0 Å². The molecule has 2 aliphatic rings. The van der Waals surface area contributed by atoms with Gasteiger partial charge in [0.05, 0.1) is 46.3 Å². The highest BCUT2D eigenvalue weighted by Gasteiger charge is 2.57. The third-order valence-corrected chi connectivity index (χ3v) is 9.44. The van der Waals surface area contributed by atoms with Crippen LogP contribution in [0.5, 0.6) is 5.88 Å². The zero-order valence-electron chi connectivity index (χ0n) is 22.1. The summed E-state index contributed by atoms with van der Waals surface area (Å²) in [5.41, 5.74) is 2.85. The minimum atomic E-state index is -2.91. The van der Waals surface area contributed by atoms with E-state index in [4.69, 9.17) is 23.7 Å². The number of fused-ring (bicyclic) bond motifs is 2. The van der Waals surface area contributed by atoms with E-state index < -0.39 is 39.5 Å². The monoisotopic (exact) mass is 567 g/mol. The first kappa shape index (κ1) is 26.9. The Labute approximate surface area is 231 Å². The van der Waals surface area contributed by atoms with Crippen molar-refractivity contribution in [1.29, 1.82) is 4.78 Å². The maximum Gasteiger partial charge on any atom is 0.193 e. The average Bonchev–Trinajstić information content (AvgIpc) is 3.59. The molecule has 0 saturated carbocycles. The summed E-state index contributed by atoms with van der Waals surface area (Å²) >= 11 is 0. The molecule has 1 unspecified atom stereocenters. The summed E-state index contributed by atoms with van der Waals surface area (Å²) in [4.78, 5) is 8.07. The van der Waals surface area contributed by atoms with Crippen molar-refractivity contribution in [3.63, 3.8) is 0 Å². The summed E-state index contributed by atoms with van der Waals surface area (Å²) in [6, 6.07) is 17.5. The SMILES string of the molecule is COCCS(=N)(=O)c1ccc(-c2ccc(-c3nc4cc(O[C@@H]5CO[C@]6(C)[C@H](O)CO[C@H]56)[nH]c4cc3F)cc2)cc1. The molecule has 0 radical (unpaired) electrons. The topological polar surface area (TPSA) is 127 Å². The van der Waals surface area contributed by atoms with Crippen molar-refractivity contribution < 1.29 is 32.7 Å². The van der Waals surface area contributed by atoms with Gasteiger partial charge in [0, 0.05) is 29.7 Å². The number of methoxy groups -OCH3 is 1. The van der Waals surface area contributed by atoms with Crippen LogP contribution in [0.25, 0.3) is 33.4 Å². The fourth-order valence-electron chi connectivity index (χ4n) is 5.26. The fourth-order valence-corrected chi connectivity index (χ4v) is 6.47. The van der Waals surface area contributed by atoms with E-state index >= 15 is 4.39 Å². The summed E-state index contributed by atoms with van der Waals surface area (Å²) in [5, 5.41) is 10.2. The smallest absolute Gasteiger partial charge is 0.193 e. The highest BCUT2D eigenvalue weighted by molar-refractivity contribution is 7.92. The van der Waals surface area contributed by atoms with Crippen LogP contribution in [0, 0.1) is 10.6 Å². The first-order chi connectivity index (χ1) is 19.2. The van der Waals surface area contributed by atoms with Gasteiger partial charge in [0.1, 0.15) is 23.5 Å². The number of ether oxygens (including phenoxy) is 4. The lowest BCUT2D eigenvalue weighted by atomic mass is 9.95. The normalized spacial score (nSPS) is 25.6. The van der Waals surface area contributed by atoms with Crippen LogP contribution in [0.1, 0.15) is 6.92 Å². The summed E-state index contributed by atoms with van der Waals surface area (Å²) in [7, 11) is -1.39. The van der Waals surface area contributed by atoms with E-state index in [1.165, 1.54) is 13.2 Å². The van der Waals surface area contributed by atoms with Crippen LogP contribution in [0.15, 0.2) is 65.6 Å². The van der Waals surface area contributed by atoms with E-state index in [1.54, 1.807) is 30.3 Å². The lowest BCUT2D eigenvalue weighted by Crippen LogP contribution is -2.45. The largest absolute Gasteiger partial charge is 0.470 e. The molecule has 0 amide bonds. The summed E-state index contributed by atoms with van der Waals surface area (Å²) in [6.07, 6.45) is -1.54. The highest BCUT2D eigenvalue weighted by atomic mass is 32.2. The fraction of sp³-hybridized carbons (Fsp3) is 0.345. The van der Waals surface area contributed by atoms with E-state index in [-0.39, 0.29) is 31.3 Å². The van der Waals surface area contributed by atoms with Gasteiger partial charge >= 0.3 is 0 Å². The quantitative estimate of drug-likeness (QED) is 0.288. The van der Waals surface area contributed by atoms with Gasteiger partial charge in [-0.15, -0.1) is 0 Å². The Bertz CT molecular complexity index is 1640. The van der Waals surface area contributed by atoms with Crippen molar-refractivity contribution in [3.8, 4) is 28.3 Å². The van der Waals surface area contributed by atoms with Gasteiger partial charge in [-0.3, -0.25) is 0 Å². The molecule has 2 aromatic carbocycles. The predicted molar refractivity (Wildman–Crippen MR) is 147 cm³/mol. The number of rotatable bonds is 8. The number of benzene rings is 2. The lowest BCUT2D eigenvalue weighted by molar-refractivity contribution is -0.0621. The molecule has 4 aromatic rings. The molecule has 210 valence electrons. The number of nitrogens with zero attached hydrogens (tertiary/aromatic N) is 1. The van der Waals surface area contributed by atoms with E-state index in [2.05, 4.69) is 9.97 Å². The second-order valence-electron chi connectivity index (χ2n) is 10.3. The Morgan fingerprint density at radius 3 is 2.50 bits per heavy atom. The Morgan fingerprint density at radius 1 is 1.12 bits per heavy atom. The van der Waals surface area contributed by atoms with Crippen LogP contribution in [0.4, 0.5) is 4.39 Å². The third-order valence-electron chi connectivity index (χ3n) is 7.67. The zero-order chi connectivity index (χ0) is 28.1. The molecule has 0 spiro atoms. The van der Waals surface area contributed by atoms with Gasteiger partial charge in [-0.1, -0.05) is 36.4 Å². The minimum Gasteiger partial charge on any atom is -0.470 e. The lowest BCUT2D eigenvalue weighted by Gasteiger charge is -2.25. The van der Waals surface area contributed by atoms with Crippen LogP contribution in [-0.4, -0.2) is 75.9 Å². The number of halogens is 1. The number of nitrogens with one attached hydrogen (secondary N) is 2. The van der Waals surface area contributed by atoms with E-state index in [0.29, 0.717) is 27.4 Å². The molecule has 5 atom stereocenters. The number of aliphatic hydroxyl groups excluding tert-OH is 1. The molecule has 6 rings (SSSR count). The van der Waals surface area contributed by atoms with E-state index in [9.17, 15) is 9.32 Å². The van der Waals surface area contributed by atoms with Crippen LogP contribution < -0.4 is 4.74 Å². The standard InChI is InChI=1S/C29H30FN3O6S/c1-29-25(34)16-37-28(29)24(15-38-29)39-26-14-23-22(32-26)13-21(30)27(33-23)19-5-3-17(4-6-19)18-7-9-20(10-8-18)40(31,35)12-11-36-2/h3-10,13-14,24-25,28,31-32,34H,11-12,15-16H2,1-2H3/t24-,25-,28-,29-,40?/m1/s1. The average molecular weight is 568 g/mol. The van der Waals surface area contributed by atoms with Crippen molar-refractivity contribution in [2.24, 2.45) is 0 Å². The van der Waals surface area contributed by atoms with Crippen molar-refractivity contribution in [3.05, 3.63) is 66.5 Å². The van der Waals surface area contributed by atoms with Gasteiger partial charge in [0.25, 0.3) is 0 Å². The number of H-pyrrole nitrogens is 1. The first-order valence-electron chi connectivity index (χ1n) is 12.9. The summed E-state index contributed by atoms with van der Waals surface area (Å²) in [5.74, 6) is 0.0840. The Morgan fingerprint density at radius 2 is 1.80 bits per heavy atom. The van der Waals surface area contributed by atoms with Crippen molar-refractivity contribution in [1.82, 2.24) is 9.97 Å². The second kappa shape index (κ2) is 10.2. The molecule has 2 saturated heterocycles. The number of pyridine rings is 1. The molecule has 11 heteroatoms. The van der Waals surface area contributed by atoms with Crippen molar-refractivity contribution in [2.45, 2.75) is 35.7 Å². The van der Waals surface area contributed by atoms with Crippen molar-refractivity contribution in [2.75, 3.05) is 32.7 Å². The number of aromatic nitrogens is 2. The van der Waals surface area contributed by atoms with E-state index in [0.717, 1.165) is 11.1 Å². The molecule has 2 aliphatic heterocycles. The van der Waals surface area contributed by atoms with E-state index in [1.807, 2.05) is 31.2 Å². The summed E-state index contributed by atoms with van der Waals surface area (Å²) < 4.78 is 58.4. The molecule has 40 heavy (non-hydrogen) atoms. The molecular weight excluding hydrogens is 537 g/mol. The maximum atomic E-state index is 15.1. The van der Waals surface area contributed by atoms with Crippen LogP contribution in [-0.2, 0) is 23.9 Å². The van der Waals surface area contributed by atoms with Gasteiger partial charge in [-0.25, -0.2) is 18.4 Å². The molecule has 4 heterocycles. The Balaban J connectivity index is 1.20. The predicted octanol–water partition coefficient (Wildman–Crippen LogP) is 4.38. The maximum absolute atomic E-state index is 15.1. The third kappa shape index (κ3) is 4.77. The highest BCUT2D eigenvalue weighted by Crippen LogP contribution is 2.39. The minimum absolute atomic E-state index is 0.142. The van der Waals surface area contributed by atoms with Gasteiger partial charge in [-0.05, 0) is 30.2 Å². The number of aromatic amines is 1. The number of hydrogen-bond donors (Lipinski definition) is 3. The van der Waals surface area contributed by atoms with Crippen LogP contribution in [0.2, 0.25) is 0 Å². The van der Waals surface area contributed by atoms with Gasteiger partial charge in [-0.2, -0.15) is 0 Å². The summed E-state index contributed by atoms with van der Waals surface area (Å²) in [6.45, 7) is 2.53. The Kier molecular flexibility index (Phi) is 6.87. The Hall–Kier alpha value is -3.35. The molecule has 3 N–H and O–H groups in total. The molecule has 2 fully saturated rings. The molecule has 0 aliphatic carbocycles. The molecular formula is C29H30FN3O6S. The zero-order valence-corrected chi connectivity index (χ0v) is 22.9. The van der Waals surface area contributed by atoms with Crippen molar-refractivity contribution >= 4 is 20.8 Å².